The zero-order valence-electron chi connectivity index (χ0n) is 13.7. The highest BCUT2D eigenvalue weighted by molar-refractivity contribution is 5.27. The molecule has 0 aliphatic heterocycles. The minimum Gasteiger partial charge on any atom is -0.491 e. The molecule has 0 saturated heterocycles. The molecule has 21 heavy (non-hydrogen) atoms. The summed E-state index contributed by atoms with van der Waals surface area (Å²) in [6.07, 6.45) is 5.48. The summed E-state index contributed by atoms with van der Waals surface area (Å²) >= 11 is 0. The van der Waals surface area contributed by atoms with Crippen molar-refractivity contribution in [3.63, 3.8) is 0 Å². The molecule has 0 radical (unpaired) electrons. The van der Waals surface area contributed by atoms with E-state index in [1.807, 2.05) is 0 Å². The Hall–Kier alpha value is -1.06. The van der Waals surface area contributed by atoms with Crippen molar-refractivity contribution in [3.05, 3.63) is 29.8 Å². The van der Waals surface area contributed by atoms with Crippen molar-refractivity contribution in [2.75, 3.05) is 13.6 Å². The van der Waals surface area contributed by atoms with Gasteiger partial charge in [-0.25, -0.2) is 0 Å². The van der Waals surface area contributed by atoms with Crippen molar-refractivity contribution >= 4 is 0 Å². The number of hydrogen-bond donors (Lipinski definition) is 1. The second kappa shape index (κ2) is 7.81. The van der Waals surface area contributed by atoms with Gasteiger partial charge in [0.25, 0.3) is 0 Å². The Bertz CT molecular complexity index is 416. The summed E-state index contributed by atoms with van der Waals surface area (Å²) in [6, 6.07) is 9.13. The number of nitrogens with zero attached hydrogens (tertiary/aromatic N) is 1. The lowest BCUT2D eigenvalue weighted by atomic mass is 9.83. The van der Waals surface area contributed by atoms with Crippen molar-refractivity contribution in [1.82, 2.24) is 4.90 Å². The lowest BCUT2D eigenvalue weighted by molar-refractivity contribution is 0.127. The van der Waals surface area contributed by atoms with E-state index < -0.39 is 0 Å². The van der Waals surface area contributed by atoms with Gasteiger partial charge in [0.15, 0.2) is 0 Å². The summed E-state index contributed by atoms with van der Waals surface area (Å²) in [5, 5.41) is 0. The molecule has 2 unspecified atom stereocenters. The third-order valence-corrected chi connectivity index (χ3v) is 4.46. The van der Waals surface area contributed by atoms with Crippen LogP contribution in [-0.2, 0) is 6.54 Å². The molecule has 0 heterocycles. The van der Waals surface area contributed by atoms with E-state index in [-0.39, 0.29) is 6.10 Å². The Labute approximate surface area is 129 Å². The monoisotopic (exact) mass is 290 g/mol. The third-order valence-electron chi connectivity index (χ3n) is 4.46. The standard InChI is InChI=1S/C18H30N2O/c1-14(2)21-17-10-8-15(9-11-17)13-20(3)18-7-5-4-6-16(18)12-19/h8-11,14,16,18H,4-7,12-13,19H2,1-3H3. The molecule has 1 fully saturated rings. The summed E-state index contributed by atoms with van der Waals surface area (Å²) in [5.41, 5.74) is 7.29. The molecule has 1 aliphatic rings. The molecular weight excluding hydrogens is 260 g/mol. The van der Waals surface area contributed by atoms with E-state index in [1.165, 1.54) is 31.2 Å². The van der Waals surface area contributed by atoms with E-state index in [4.69, 9.17) is 10.5 Å². The van der Waals surface area contributed by atoms with Crippen LogP contribution in [0, 0.1) is 5.92 Å². The molecule has 2 N–H and O–H groups in total. The molecule has 1 aliphatic carbocycles. The largest absolute Gasteiger partial charge is 0.491 e. The Morgan fingerprint density at radius 3 is 2.48 bits per heavy atom. The van der Waals surface area contributed by atoms with E-state index in [0.717, 1.165) is 18.8 Å². The fourth-order valence-electron chi connectivity index (χ4n) is 3.39. The number of benzene rings is 1. The Balaban J connectivity index is 1.93. The molecule has 3 heteroatoms. The van der Waals surface area contributed by atoms with Gasteiger partial charge in [-0.1, -0.05) is 25.0 Å². The van der Waals surface area contributed by atoms with Gasteiger partial charge in [0.2, 0.25) is 0 Å². The van der Waals surface area contributed by atoms with Gasteiger partial charge >= 0.3 is 0 Å². The van der Waals surface area contributed by atoms with Gasteiger partial charge in [0.05, 0.1) is 6.10 Å². The maximum Gasteiger partial charge on any atom is 0.119 e. The zero-order valence-corrected chi connectivity index (χ0v) is 13.7. The van der Waals surface area contributed by atoms with E-state index in [9.17, 15) is 0 Å². The Kier molecular flexibility index (Phi) is 6.07. The van der Waals surface area contributed by atoms with Crippen molar-refractivity contribution in [3.8, 4) is 5.75 Å². The normalized spacial score (nSPS) is 22.8. The van der Waals surface area contributed by atoms with Crippen LogP contribution in [0.1, 0.15) is 45.1 Å². The van der Waals surface area contributed by atoms with Crippen molar-refractivity contribution < 1.29 is 4.74 Å². The van der Waals surface area contributed by atoms with E-state index in [1.54, 1.807) is 0 Å². The number of ether oxygens (including phenoxy) is 1. The molecule has 118 valence electrons. The molecule has 2 rings (SSSR count). The molecule has 0 aromatic heterocycles. The van der Waals surface area contributed by atoms with Crippen molar-refractivity contribution in [1.29, 1.82) is 0 Å². The zero-order chi connectivity index (χ0) is 15.2. The van der Waals surface area contributed by atoms with Crippen LogP contribution in [0.2, 0.25) is 0 Å². The number of hydrogen-bond acceptors (Lipinski definition) is 3. The molecule has 1 aromatic rings. The van der Waals surface area contributed by atoms with Crippen LogP contribution >= 0.6 is 0 Å². The van der Waals surface area contributed by atoms with Gasteiger partial charge in [-0.3, -0.25) is 4.90 Å². The Morgan fingerprint density at radius 2 is 1.86 bits per heavy atom. The second-order valence-corrected chi connectivity index (χ2v) is 6.57. The van der Waals surface area contributed by atoms with Crippen LogP contribution in [0.4, 0.5) is 0 Å². The van der Waals surface area contributed by atoms with E-state index in [2.05, 4.69) is 50.1 Å². The quantitative estimate of drug-likeness (QED) is 0.872. The fraction of sp³-hybridized carbons (Fsp3) is 0.667. The minimum atomic E-state index is 0.228. The van der Waals surface area contributed by atoms with Crippen LogP contribution in [0.3, 0.4) is 0 Å². The summed E-state index contributed by atoms with van der Waals surface area (Å²) in [6.45, 7) is 5.91. The molecule has 2 atom stereocenters. The molecule has 0 bridgehead atoms. The molecule has 3 nitrogen and oxygen atoms in total. The van der Waals surface area contributed by atoms with Crippen LogP contribution in [-0.4, -0.2) is 30.6 Å². The average Bonchev–Trinajstić information content (AvgIpc) is 2.48. The predicted molar refractivity (Wildman–Crippen MR) is 88.5 cm³/mol. The molecule has 0 spiro atoms. The molecule has 1 aromatic carbocycles. The first-order valence-electron chi connectivity index (χ1n) is 8.26. The maximum absolute atomic E-state index is 5.95. The number of nitrogens with two attached hydrogens (primary N) is 1. The maximum atomic E-state index is 5.95. The molecule has 0 amide bonds. The highest BCUT2D eigenvalue weighted by atomic mass is 16.5. The van der Waals surface area contributed by atoms with Crippen molar-refractivity contribution in [2.24, 2.45) is 11.7 Å². The lowest BCUT2D eigenvalue weighted by Gasteiger charge is -2.37. The van der Waals surface area contributed by atoms with Crippen molar-refractivity contribution in [2.45, 2.75) is 58.2 Å². The van der Waals surface area contributed by atoms with Crippen LogP contribution < -0.4 is 10.5 Å². The minimum absolute atomic E-state index is 0.228. The van der Waals surface area contributed by atoms with Gasteiger partial charge in [0, 0.05) is 12.6 Å². The highest BCUT2D eigenvalue weighted by Gasteiger charge is 2.27. The van der Waals surface area contributed by atoms with Crippen LogP contribution in [0.25, 0.3) is 0 Å². The molecule has 1 saturated carbocycles. The van der Waals surface area contributed by atoms with E-state index in [0.29, 0.717) is 12.0 Å². The predicted octanol–water partition coefficient (Wildman–Crippen LogP) is 3.42. The van der Waals surface area contributed by atoms with E-state index >= 15 is 0 Å². The fourth-order valence-corrected chi connectivity index (χ4v) is 3.39. The topological polar surface area (TPSA) is 38.5 Å². The first kappa shape index (κ1) is 16.3. The average molecular weight is 290 g/mol. The first-order chi connectivity index (χ1) is 10.1. The summed E-state index contributed by atoms with van der Waals surface area (Å²) < 4.78 is 5.69. The van der Waals surface area contributed by atoms with Gasteiger partial charge in [0.1, 0.15) is 5.75 Å². The van der Waals surface area contributed by atoms with Crippen LogP contribution in [0.5, 0.6) is 5.75 Å². The van der Waals surface area contributed by atoms with Gasteiger partial charge in [-0.05, 0) is 63.9 Å². The SMILES string of the molecule is CC(C)Oc1ccc(CN(C)C2CCCCC2CN)cc1. The summed E-state index contributed by atoms with van der Waals surface area (Å²) in [7, 11) is 2.23. The lowest BCUT2D eigenvalue weighted by Crippen LogP contribution is -2.42. The van der Waals surface area contributed by atoms with Crippen LogP contribution in [0.15, 0.2) is 24.3 Å². The summed E-state index contributed by atoms with van der Waals surface area (Å²) in [5.74, 6) is 1.61. The third kappa shape index (κ3) is 4.72. The van der Waals surface area contributed by atoms with Gasteiger partial charge in [-0.15, -0.1) is 0 Å². The molecular formula is C18H30N2O. The van der Waals surface area contributed by atoms with Gasteiger partial charge < -0.3 is 10.5 Å². The summed E-state index contributed by atoms with van der Waals surface area (Å²) in [4.78, 5) is 2.48. The second-order valence-electron chi connectivity index (χ2n) is 6.57. The highest BCUT2D eigenvalue weighted by Crippen LogP contribution is 2.28. The first-order valence-corrected chi connectivity index (χ1v) is 8.26. The smallest absolute Gasteiger partial charge is 0.119 e. The number of rotatable bonds is 6. The van der Waals surface area contributed by atoms with Gasteiger partial charge in [-0.2, -0.15) is 0 Å². The Morgan fingerprint density at radius 1 is 1.19 bits per heavy atom.